The van der Waals surface area contributed by atoms with Gasteiger partial charge in [-0.05, 0) is 63.9 Å². The van der Waals surface area contributed by atoms with Crippen molar-refractivity contribution in [2.75, 3.05) is 49.1 Å². The van der Waals surface area contributed by atoms with Crippen molar-refractivity contribution in [2.24, 2.45) is 0 Å². The molecule has 0 aliphatic carbocycles. The number of nitrogens with one attached hydrogen (secondary N) is 1. The highest BCUT2D eigenvalue weighted by Crippen LogP contribution is 2.30. The largest absolute Gasteiger partial charge is 0.371 e. The third kappa shape index (κ3) is 3.72. The van der Waals surface area contributed by atoms with Crippen LogP contribution < -0.4 is 14.7 Å². The van der Waals surface area contributed by atoms with E-state index in [1.807, 2.05) is 0 Å². The minimum Gasteiger partial charge on any atom is -0.371 e. The molecule has 3 heterocycles. The van der Waals surface area contributed by atoms with Crippen molar-refractivity contribution in [2.45, 2.75) is 57.8 Å². The molecule has 0 aromatic heterocycles. The molecule has 3 aliphatic rings. The number of benzene rings is 1. The van der Waals surface area contributed by atoms with Crippen molar-refractivity contribution >= 4 is 17.1 Å². The minimum atomic E-state index is 1.25. The zero-order valence-electron chi connectivity index (χ0n) is 15.2. The molecular formula is C21H34N3+. The van der Waals surface area contributed by atoms with E-state index in [0.717, 1.165) is 0 Å². The van der Waals surface area contributed by atoms with Crippen molar-refractivity contribution in [1.82, 2.24) is 0 Å². The highest BCUT2D eigenvalue weighted by atomic mass is 15.2. The molecule has 4 rings (SSSR count). The number of rotatable bonds is 3. The maximum absolute atomic E-state index is 2.64. The van der Waals surface area contributed by atoms with Gasteiger partial charge in [0.05, 0.1) is 13.1 Å². The predicted octanol–water partition coefficient (Wildman–Crippen LogP) is 3.37. The van der Waals surface area contributed by atoms with Gasteiger partial charge in [-0.3, -0.25) is 0 Å². The molecule has 132 valence electrons. The van der Waals surface area contributed by atoms with Gasteiger partial charge in [-0.2, -0.15) is 0 Å². The molecule has 0 bridgehead atoms. The molecule has 0 saturated carbocycles. The molecule has 0 atom stereocenters. The van der Waals surface area contributed by atoms with E-state index >= 15 is 0 Å². The Balaban J connectivity index is 1.63. The average Bonchev–Trinajstić information content (AvgIpc) is 2.70. The van der Waals surface area contributed by atoms with Crippen LogP contribution in [0.3, 0.4) is 0 Å². The molecule has 3 fully saturated rings. The topological polar surface area (TPSA) is 10.9 Å². The Morgan fingerprint density at radius 2 is 1.00 bits per heavy atom. The Hall–Kier alpha value is -1.22. The molecule has 3 aliphatic heterocycles. The van der Waals surface area contributed by atoms with Gasteiger partial charge in [0.2, 0.25) is 0 Å². The summed E-state index contributed by atoms with van der Waals surface area (Å²) in [7, 11) is 0. The van der Waals surface area contributed by atoms with E-state index in [2.05, 4.69) is 28.0 Å². The molecule has 3 saturated heterocycles. The number of anilines is 2. The first-order chi connectivity index (χ1) is 11.9. The molecule has 0 unspecified atom stereocenters. The van der Waals surface area contributed by atoms with Crippen LogP contribution in [0.25, 0.3) is 0 Å². The third-order valence-corrected chi connectivity index (χ3v) is 6.21. The molecule has 24 heavy (non-hydrogen) atoms. The summed E-state index contributed by atoms with van der Waals surface area (Å²) in [5.41, 5.74) is 4.54. The third-order valence-electron chi connectivity index (χ3n) is 6.21. The van der Waals surface area contributed by atoms with E-state index < -0.39 is 0 Å². The van der Waals surface area contributed by atoms with Gasteiger partial charge < -0.3 is 14.7 Å². The van der Waals surface area contributed by atoms with Crippen LogP contribution in [-0.4, -0.2) is 39.3 Å². The fourth-order valence-corrected chi connectivity index (χ4v) is 4.74. The first kappa shape index (κ1) is 16.3. The Morgan fingerprint density at radius 3 is 1.50 bits per heavy atom. The molecular weight excluding hydrogens is 294 g/mol. The van der Waals surface area contributed by atoms with E-state index in [1.54, 1.807) is 10.6 Å². The standard InChI is InChI=1S/C21H33N3/c1-4-10-22(11-5-1)19-16-20(23-12-6-2-7-13-23)18-21(17-19)24-14-8-3-9-15-24/h16-18H,1-15H2/p+1. The fraction of sp³-hybridized carbons (Fsp3) is 0.714. The lowest BCUT2D eigenvalue weighted by Crippen LogP contribution is -3.08. The predicted molar refractivity (Wildman–Crippen MR) is 103 cm³/mol. The first-order valence-electron chi connectivity index (χ1n) is 10.4. The second-order valence-corrected chi connectivity index (χ2v) is 8.00. The number of piperidine rings is 3. The van der Waals surface area contributed by atoms with Crippen molar-refractivity contribution in [3.05, 3.63) is 18.2 Å². The van der Waals surface area contributed by atoms with Crippen molar-refractivity contribution < 1.29 is 4.90 Å². The molecule has 1 N–H and O–H groups in total. The van der Waals surface area contributed by atoms with Gasteiger partial charge in [-0.15, -0.1) is 0 Å². The van der Waals surface area contributed by atoms with Crippen LogP contribution in [0, 0.1) is 0 Å². The summed E-state index contributed by atoms with van der Waals surface area (Å²) < 4.78 is 0. The van der Waals surface area contributed by atoms with E-state index in [4.69, 9.17) is 0 Å². The summed E-state index contributed by atoms with van der Waals surface area (Å²) in [5.74, 6) is 0. The van der Waals surface area contributed by atoms with E-state index in [0.29, 0.717) is 0 Å². The SMILES string of the molecule is c1c(N2CCCCC2)cc([NH+]2CCCCC2)cc1N1CCCCC1. The van der Waals surface area contributed by atoms with E-state index in [-0.39, 0.29) is 0 Å². The van der Waals surface area contributed by atoms with Gasteiger partial charge in [0.25, 0.3) is 0 Å². The minimum absolute atomic E-state index is 1.25. The maximum Gasteiger partial charge on any atom is 0.135 e. The number of hydrogen-bond donors (Lipinski definition) is 1. The maximum atomic E-state index is 2.64. The van der Waals surface area contributed by atoms with Crippen molar-refractivity contribution in [3.8, 4) is 0 Å². The molecule has 0 radical (unpaired) electrons. The Bertz CT molecular complexity index is 435. The van der Waals surface area contributed by atoms with Crippen molar-refractivity contribution in [3.63, 3.8) is 0 Å². The molecule has 3 heteroatoms. The van der Waals surface area contributed by atoms with Crippen LogP contribution in [0.1, 0.15) is 57.8 Å². The summed E-state index contributed by atoms with van der Waals surface area (Å²) in [6.45, 7) is 7.64. The van der Waals surface area contributed by atoms with Crippen molar-refractivity contribution in [1.29, 1.82) is 0 Å². The van der Waals surface area contributed by atoms with Gasteiger partial charge in [-0.25, -0.2) is 0 Å². The van der Waals surface area contributed by atoms with E-state index in [1.165, 1.54) is 108 Å². The van der Waals surface area contributed by atoms with Gasteiger partial charge in [-0.1, -0.05) is 0 Å². The quantitative estimate of drug-likeness (QED) is 0.912. The molecule has 1 aromatic carbocycles. The lowest BCUT2D eigenvalue weighted by atomic mass is 10.1. The zero-order valence-corrected chi connectivity index (χ0v) is 15.2. The van der Waals surface area contributed by atoms with Gasteiger partial charge in [0, 0.05) is 49.7 Å². The van der Waals surface area contributed by atoms with Gasteiger partial charge in [0.1, 0.15) is 5.69 Å². The smallest absolute Gasteiger partial charge is 0.135 e. The summed E-state index contributed by atoms with van der Waals surface area (Å²) >= 11 is 0. The lowest BCUT2D eigenvalue weighted by molar-refractivity contribution is -0.838. The Kier molecular flexibility index (Phi) is 5.27. The summed E-state index contributed by atoms with van der Waals surface area (Å²) in [6.07, 6.45) is 12.5. The molecule has 3 nitrogen and oxygen atoms in total. The summed E-state index contributed by atoms with van der Waals surface area (Å²) in [4.78, 5) is 7.01. The van der Waals surface area contributed by atoms with Crippen LogP contribution in [0.2, 0.25) is 0 Å². The zero-order chi connectivity index (χ0) is 16.2. The molecule has 1 aromatic rings. The lowest BCUT2D eigenvalue weighted by Gasteiger charge is -2.34. The van der Waals surface area contributed by atoms with E-state index in [9.17, 15) is 0 Å². The second kappa shape index (κ2) is 7.77. The average molecular weight is 329 g/mol. The molecule has 0 spiro atoms. The van der Waals surface area contributed by atoms with Crippen LogP contribution in [0.5, 0.6) is 0 Å². The van der Waals surface area contributed by atoms with Gasteiger partial charge >= 0.3 is 0 Å². The van der Waals surface area contributed by atoms with Crippen LogP contribution in [-0.2, 0) is 0 Å². The number of quaternary nitrogens is 1. The summed E-state index contributed by atoms with van der Waals surface area (Å²) in [6, 6.07) is 7.52. The normalized spacial score (nSPS) is 23.5. The number of hydrogen-bond acceptors (Lipinski definition) is 2. The fourth-order valence-electron chi connectivity index (χ4n) is 4.74. The van der Waals surface area contributed by atoms with Gasteiger partial charge in [0.15, 0.2) is 0 Å². The highest BCUT2D eigenvalue weighted by molar-refractivity contribution is 5.65. The Labute approximate surface area is 147 Å². The van der Waals surface area contributed by atoms with Crippen LogP contribution >= 0.6 is 0 Å². The summed E-state index contributed by atoms with van der Waals surface area (Å²) in [5, 5.41) is 0. The van der Waals surface area contributed by atoms with Crippen LogP contribution in [0.15, 0.2) is 18.2 Å². The first-order valence-corrected chi connectivity index (χ1v) is 10.4. The van der Waals surface area contributed by atoms with Crippen LogP contribution in [0.4, 0.5) is 17.1 Å². The second-order valence-electron chi connectivity index (χ2n) is 8.00. The highest BCUT2D eigenvalue weighted by Gasteiger charge is 2.22. The number of nitrogens with zero attached hydrogens (tertiary/aromatic N) is 2. The monoisotopic (exact) mass is 328 g/mol. The Morgan fingerprint density at radius 1 is 0.542 bits per heavy atom. The molecule has 0 amide bonds.